The Kier molecular flexibility index (Phi) is 6.00. The lowest BCUT2D eigenvalue weighted by Gasteiger charge is -2.23. The van der Waals surface area contributed by atoms with Gasteiger partial charge in [0, 0.05) is 28.7 Å². The van der Waals surface area contributed by atoms with E-state index >= 15 is 0 Å². The largest absolute Gasteiger partial charge is 0.353 e. The van der Waals surface area contributed by atoms with Gasteiger partial charge >= 0.3 is 0 Å². The second kappa shape index (κ2) is 8.41. The quantitative estimate of drug-likeness (QED) is 0.544. The van der Waals surface area contributed by atoms with Crippen LogP contribution in [0.2, 0.25) is 0 Å². The van der Waals surface area contributed by atoms with Crippen molar-refractivity contribution >= 4 is 29.0 Å². The van der Waals surface area contributed by atoms with Gasteiger partial charge in [-0.05, 0) is 41.5 Å². The van der Waals surface area contributed by atoms with Gasteiger partial charge < -0.3 is 9.47 Å². The summed E-state index contributed by atoms with van der Waals surface area (Å²) in [6.45, 7) is 3.34. The molecule has 3 rings (SSSR count). The lowest BCUT2D eigenvalue weighted by atomic mass is 10.2. The minimum absolute atomic E-state index is 0.0890. The first kappa shape index (κ1) is 17.8. The van der Waals surface area contributed by atoms with Gasteiger partial charge in [0.05, 0.1) is 18.7 Å². The van der Waals surface area contributed by atoms with Crippen LogP contribution < -0.4 is 0 Å². The molecule has 3 aromatic rings. The molecule has 0 unspecified atom stereocenters. The summed E-state index contributed by atoms with van der Waals surface area (Å²) in [5.74, 6) is 1.04. The van der Waals surface area contributed by atoms with Gasteiger partial charge in [0.2, 0.25) is 0 Å². The Bertz CT molecular complexity index is 824. The van der Waals surface area contributed by atoms with E-state index in [0.29, 0.717) is 13.1 Å². The van der Waals surface area contributed by atoms with Gasteiger partial charge in [-0.15, -0.1) is 23.1 Å². The highest BCUT2D eigenvalue weighted by Gasteiger charge is 2.20. The maximum atomic E-state index is 13.3. The molecule has 0 aliphatic heterocycles. The summed E-state index contributed by atoms with van der Waals surface area (Å²) in [5, 5.41) is 2.06. The average molecular weight is 371 g/mol. The van der Waals surface area contributed by atoms with E-state index < -0.39 is 0 Å². The molecule has 25 heavy (non-hydrogen) atoms. The van der Waals surface area contributed by atoms with Crippen molar-refractivity contribution in [2.75, 3.05) is 5.75 Å². The van der Waals surface area contributed by atoms with Crippen LogP contribution in [0.3, 0.4) is 0 Å². The van der Waals surface area contributed by atoms with Crippen molar-refractivity contribution in [3.63, 3.8) is 0 Å². The summed E-state index contributed by atoms with van der Waals surface area (Å²) in [5.41, 5.74) is 1.92. The van der Waals surface area contributed by atoms with Crippen LogP contribution in [0.15, 0.2) is 65.0 Å². The second-order valence-corrected chi connectivity index (χ2v) is 8.12. The summed E-state index contributed by atoms with van der Waals surface area (Å²) < 4.78 is 2.07. The van der Waals surface area contributed by atoms with Crippen LogP contribution in [0.1, 0.15) is 27.9 Å². The molecule has 0 saturated heterocycles. The third kappa shape index (κ3) is 4.35. The fourth-order valence-corrected chi connectivity index (χ4v) is 4.26. The minimum Gasteiger partial charge on any atom is -0.353 e. The number of benzene rings is 1. The molecule has 0 saturated carbocycles. The van der Waals surface area contributed by atoms with E-state index in [-0.39, 0.29) is 5.91 Å². The van der Waals surface area contributed by atoms with Crippen LogP contribution in [0.5, 0.6) is 0 Å². The lowest BCUT2D eigenvalue weighted by Crippen LogP contribution is -2.31. The lowest BCUT2D eigenvalue weighted by molar-refractivity contribution is 0.0725. The first-order valence-corrected chi connectivity index (χ1v) is 10.2. The van der Waals surface area contributed by atoms with Crippen molar-refractivity contribution in [3.8, 4) is 0 Å². The number of hydrogen-bond acceptors (Lipinski definition) is 3. The third-order valence-corrected chi connectivity index (χ3v) is 5.85. The van der Waals surface area contributed by atoms with E-state index in [1.165, 1.54) is 4.88 Å². The number of carbonyl (C=O) groups is 1. The fourth-order valence-electron chi connectivity index (χ4n) is 2.74. The Morgan fingerprint density at radius 2 is 1.96 bits per heavy atom. The van der Waals surface area contributed by atoms with Gasteiger partial charge in [0.25, 0.3) is 5.91 Å². The van der Waals surface area contributed by atoms with Gasteiger partial charge in [-0.25, -0.2) is 0 Å². The van der Waals surface area contributed by atoms with Crippen LogP contribution in [-0.2, 0) is 20.1 Å². The van der Waals surface area contributed by atoms with Crippen molar-refractivity contribution in [2.24, 2.45) is 7.05 Å². The number of aromatic nitrogens is 1. The molecule has 0 fully saturated rings. The summed E-state index contributed by atoms with van der Waals surface area (Å²) in [4.78, 5) is 17.5. The standard InChI is InChI=1S/C20H22N2OS2/c1-3-24-19-11-5-4-10-18(19)20(23)22(15-17-9-7-13-25-17)14-16-8-6-12-21(16)2/h4-13H,3,14-15H2,1-2H3. The predicted octanol–water partition coefficient (Wildman–Crippen LogP) is 5.04. The molecule has 2 heterocycles. The molecule has 0 radical (unpaired) electrons. The van der Waals surface area contributed by atoms with Crippen LogP contribution in [0.25, 0.3) is 0 Å². The van der Waals surface area contributed by atoms with Crippen molar-refractivity contribution in [1.82, 2.24) is 9.47 Å². The molecule has 0 aliphatic carbocycles. The van der Waals surface area contributed by atoms with Crippen molar-refractivity contribution in [3.05, 3.63) is 76.2 Å². The zero-order chi connectivity index (χ0) is 17.6. The molecule has 2 aromatic heterocycles. The molecular formula is C20H22N2OS2. The monoisotopic (exact) mass is 370 g/mol. The number of rotatable bonds is 7. The van der Waals surface area contributed by atoms with Crippen LogP contribution in [0, 0.1) is 0 Å². The molecule has 0 N–H and O–H groups in total. The van der Waals surface area contributed by atoms with Gasteiger partial charge in [-0.1, -0.05) is 25.1 Å². The zero-order valence-corrected chi connectivity index (χ0v) is 16.1. The topological polar surface area (TPSA) is 25.2 Å². The van der Waals surface area contributed by atoms with Gasteiger partial charge in [-0.3, -0.25) is 4.79 Å². The van der Waals surface area contributed by atoms with E-state index in [0.717, 1.165) is 21.9 Å². The molecule has 1 aromatic carbocycles. The molecule has 5 heteroatoms. The van der Waals surface area contributed by atoms with Crippen molar-refractivity contribution in [2.45, 2.75) is 24.9 Å². The minimum atomic E-state index is 0.0890. The normalized spacial score (nSPS) is 10.8. The summed E-state index contributed by atoms with van der Waals surface area (Å²) in [6, 6.07) is 16.1. The summed E-state index contributed by atoms with van der Waals surface area (Å²) in [7, 11) is 2.02. The maximum absolute atomic E-state index is 13.3. The molecule has 0 spiro atoms. The molecule has 0 aliphatic rings. The van der Waals surface area contributed by atoms with Crippen molar-refractivity contribution in [1.29, 1.82) is 0 Å². The number of hydrogen-bond donors (Lipinski definition) is 0. The Morgan fingerprint density at radius 3 is 2.64 bits per heavy atom. The van der Waals surface area contributed by atoms with Crippen molar-refractivity contribution < 1.29 is 4.79 Å². The smallest absolute Gasteiger partial charge is 0.255 e. The predicted molar refractivity (Wildman–Crippen MR) is 106 cm³/mol. The van der Waals surface area contributed by atoms with Crippen LogP contribution >= 0.6 is 23.1 Å². The van der Waals surface area contributed by atoms with E-state index in [1.54, 1.807) is 23.1 Å². The highest BCUT2D eigenvalue weighted by Crippen LogP contribution is 2.25. The Balaban J connectivity index is 1.90. The first-order valence-electron chi connectivity index (χ1n) is 8.32. The number of amides is 1. The number of nitrogens with zero attached hydrogens (tertiary/aromatic N) is 2. The second-order valence-electron chi connectivity index (χ2n) is 5.78. The number of thioether (sulfide) groups is 1. The molecule has 0 atom stereocenters. The molecule has 130 valence electrons. The zero-order valence-electron chi connectivity index (χ0n) is 14.5. The highest BCUT2D eigenvalue weighted by atomic mass is 32.2. The van der Waals surface area contributed by atoms with E-state index in [9.17, 15) is 4.79 Å². The average Bonchev–Trinajstić information content (AvgIpc) is 3.27. The summed E-state index contributed by atoms with van der Waals surface area (Å²) >= 11 is 3.41. The van der Waals surface area contributed by atoms with E-state index in [2.05, 4.69) is 29.0 Å². The SMILES string of the molecule is CCSc1ccccc1C(=O)N(Cc1cccs1)Cc1cccn1C. The number of thiophene rings is 1. The molecule has 1 amide bonds. The maximum Gasteiger partial charge on any atom is 0.255 e. The van der Waals surface area contributed by atoms with E-state index in [1.807, 2.05) is 54.5 Å². The van der Waals surface area contributed by atoms with E-state index in [4.69, 9.17) is 0 Å². The third-order valence-electron chi connectivity index (χ3n) is 4.04. The molecular weight excluding hydrogens is 348 g/mol. The fraction of sp³-hybridized carbons (Fsp3) is 0.250. The van der Waals surface area contributed by atoms with Gasteiger partial charge in [0.1, 0.15) is 0 Å². The summed E-state index contributed by atoms with van der Waals surface area (Å²) in [6.07, 6.45) is 2.02. The van der Waals surface area contributed by atoms with Gasteiger partial charge in [-0.2, -0.15) is 0 Å². The molecule has 3 nitrogen and oxygen atoms in total. The Morgan fingerprint density at radius 1 is 1.12 bits per heavy atom. The van der Waals surface area contributed by atoms with Crippen LogP contribution in [-0.4, -0.2) is 21.1 Å². The Labute approximate surface area is 157 Å². The van der Waals surface area contributed by atoms with Crippen LogP contribution in [0.4, 0.5) is 0 Å². The number of carbonyl (C=O) groups excluding carboxylic acids is 1. The highest BCUT2D eigenvalue weighted by molar-refractivity contribution is 7.99. The first-order chi connectivity index (χ1) is 12.2. The Hall–Kier alpha value is -1.98. The molecule has 0 bridgehead atoms. The number of aryl methyl sites for hydroxylation is 1. The van der Waals surface area contributed by atoms with Gasteiger partial charge in [0.15, 0.2) is 0 Å².